The number of benzene rings is 2. The molecular weight excluding hydrogens is 228 g/mol. The molecule has 0 atom stereocenters. The molecule has 0 N–H and O–H groups in total. The van der Waals surface area contributed by atoms with Crippen molar-refractivity contribution in [1.82, 2.24) is 0 Å². The molecule has 0 aliphatic rings. The number of carbonyl (C=O) groups is 1. The normalized spacial score (nSPS) is 10.3. The predicted molar refractivity (Wildman–Crippen MR) is 70.8 cm³/mol. The quantitative estimate of drug-likeness (QED) is 0.460. The molecule has 2 aromatic rings. The monoisotopic (exact) mass is 244 g/mol. The largest absolute Gasteiger partial charge is 0.513 e. The van der Waals surface area contributed by atoms with Gasteiger partial charge >= 0.3 is 6.16 Å². The number of rotatable bonds is 4. The highest BCUT2D eigenvalue weighted by Gasteiger charge is 2.05. The van der Waals surface area contributed by atoms with E-state index in [-0.39, 0.29) is 0 Å². The lowest BCUT2D eigenvalue weighted by atomic mass is 10.1. The third-order valence-corrected chi connectivity index (χ3v) is 2.64. The van der Waals surface area contributed by atoms with Gasteiger partial charge in [0, 0.05) is 0 Å². The van der Waals surface area contributed by atoms with E-state index in [9.17, 15) is 4.79 Å². The Morgan fingerprint density at radius 1 is 1.11 bits per heavy atom. The number of hydrogen-bond acceptors (Lipinski definition) is 3. The van der Waals surface area contributed by atoms with Crippen molar-refractivity contribution in [1.29, 1.82) is 0 Å². The zero-order valence-electron chi connectivity index (χ0n) is 10.4. The summed E-state index contributed by atoms with van der Waals surface area (Å²) < 4.78 is 10.0. The fraction of sp³-hybridized carbons (Fsp3) is 0.267. The summed E-state index contributed by atoms with van der Waals surface area (Å²) in [5.74, 6) is 0.509. The van der Waals surface area contributed by atoms with Crippen molar-refractivity contribution in [3.05, 3.63) is 42.5 Å². The average Bonchev–Trinajstić information content (AvgIpc) is 2.39. The van der Waals surface area contributed by atoms with E-state index in [4.69, 9.17) is 9.47 Å². The van der Waals surface area contributed by atoms with E-state index in [1.165, 1.54) is 0 Å². The molecule has 0 aromatic heterocycles. The smallest absolute Gasteiger partial charge is 0.434 e. The molecule has 0 heterocycles. The molecular formula is C15H16O3. The number of carbonyl (C=O) groups excluding carboxylic acids is 1. The third-order valence-electron chi connectivity index (χ3n) is 2.64. The Balaban J connectivity index is 2.01. The van der Waals surface area contributed by atoms with Crippen LogP contribution < -0.4 is 4.74 Å². The van der Waals surface area contributed by atoms with E-state index in [1.807, 2.05) is 43.3 Å². The van der Waals surface area contributed by atoms with E-state index >= 15 is 0 Å². The van der Waals surface area contributed by atoms with Crippen LogP contribution in [0.3, 0.4) is 0 Å². The summed E-state index contributed by atoms with van der Waals surface area (Å²) >= 11 is 0. The molecule has 0 aliphatic carbocycles. The van der Waals surface area contributed by atoms with Crippen molar-refractivity contribution >= 4 is 16.9 Å². The van der Waals surface area contributed by atoms with Gasteiger partial charge in [0.1, 0.15) is 5.75 Å². The molecule has 2 aromatic carbocycles. The van der Waals surface area contributed by atoms with Crippen molar-refractivity contribution < 1.29 is 14.3 Å². The van der Waals surface area contributed by atoms with Crippen LogP contribution in [0.25, 0.3) is 10.8 Å². The zero-order chi connectivity index (χ0) is 12.8. The minimum Gasteiger partial charge on any atom is -0.434 e. The van der Waals surface area contributed by atoms with Crippen molar-refractivity contribution in [2.24, 2.45) is 0 Å². The Morgan fingerprint density at radius 3 is 2.67 bits per heavy atom. The summed E-state index contributed by atoms with van der Waals surface area (Å²) in [6, 6.07) is 13.4. The van der Waals surface area contributed by atoms with Crippen molar-refractivity contribution in [2.45, 2.75) is 19.8 Å². The molecule has 0 unspecified atom stereocenters. The van der Waals surface area contributed by atoms with E-state index < -0.39 is 6.16 Å². The van der Waals surface area contributed by atoms with Crippen molar-refractivity contribution in [2.75, 3.05) is 6.61 Å². The lowest BCUT2D eigenvalue weighted by molar-refractivity contribution is 0.0979. The molecule has 0 amide bonds. The zero-order valence-corrected chi connectivity index (χ0v) is 10.4. The molecule has 0 aliphatic heterocycles. The van der Waals surface area contributed by atoms with E-state index in [0.29, 0.717) is 12.4 Å². The molecule has 18 heavy (non-hydrogen) atoms. The molecule has 0 saturated carbocycles. The summed E-state index contributed by atoms with van der Waals surface area (Å²) in [6.07, 6.45) is 1.20. The van der Waals surface area contributed by atoms with E-state index in [2.05, 4.69) is 0 Å². The van der Waals surface area contributed by atoms with E-state index in [0.717, 1.165) is 23.6 Å². The molecule has 0 bridgehead atoms. The molecule has 2 rings (SSSR count). The van der Waals surface area contributed by atoms with Crippen LogP contribution in [0.1, 0.15) is 19.8 Å². The van der Waals surface area contributed by atoms with Gasteiger partial charge in [-0.25, -0.2) is 4.79 Å². The number of ether oxygens (including phenoxy) is 2. The summed E-state index contributed by atoms with van der Waals surface area (Å²) in [5.41, 5.74) is 0. The van der Waals surface area contributed by atoms with Crippen LogP contribution in [-0.2, 0) is 4.74 Å². The van der Waals surface area contributed by atoms with Crippen LogP contribution >= 0.6 is 0 Å². The SMILES string of the molecule is CCCCOC(=O)Oc1ccc2ccccc2c1. The number of unbranched alkanes of at least 4 members (excludes halogenated alkanes) is 1. The second-order valence-electron chi connectivity index (χ2n) is 4.06. The van der Waals surface area contributed by atoms with Gasteiger partial charge < -0.3 is 9.47 Å². The number of fused-ring (bicyclic) bond motifs is 1. The van der Waals surface area contributed by atoms with Crippen LogP contribution in [0.15, 0.2) is 42.5 Å². The lowest BCUT2D eigenvalue weighted by Crippen LogP contribution is -2.11. The topological polar surface area (TPSA) is 35.5 Å². The average molecular weight is 244 g/mol. The maximum atomic E-state index is 11.4. The minimum atomic E-state index is -0.640. The Kier molecular flexibility index (Phi) is 4.18. The minimum absolute atomic E-state index is 0.406. The van der Waals surface area contributed by atoms with Crippen LogP contribution in [0.5, 0.6) is 5.75 Å². The van der Waals surface area contributed by atoms with Gasteiger partial charge in [-0.3, -0.25) is 0 Å². The predicted octanol–water partition coefficient (Wildman–Crippen LogP) is 4.16. The molecule has 3 heteroatoms. The summed E-state index contributed by atoms with van der Waals surface area (Å²) in [7, 11) is 0. The Labute approximate surface area is 106 Å². The molecule has 0 fully saturated rings. The van der Waals surface area contributed by atoms with Gasteiger partial charge in [0.05, 0.1) is 6.61 Å². The van der Waals surface area contributed by atoms with Crippen LogP contribution in [0.4, 0.5) is 4.79 Å². The van der Waals surface area contributed by atoms with Crippen molar-refractivity contribution in [3.63, 3.8) is 0 Å². The van der Waals surface area contributed by atoms with Gasteiger partial charge in [-0.1, -0.05) is 43.7 Å². The first kappa shape index (κ1) is 12.4. The summed E-state index contributed by atoms with van der Waals surface area (Å²) in [5, 5.41) is 2.15. The fourth-order valence-corrected chi connectivity index (χ4v) is 1.66. The highest BCUT2D eigenvalue weighted by Crippen LogP contribution is 2.20. The molecule has 0 spiro atoms. The summed E-state index contributed by atoms with van der Waals surface area (Å²) in [4.78, 5) is 11.4. The highest BCUT2D eigenvalue weighted by molar-refractivity contribution is 5.84. The third kappa shape index (κ3) is 3.23. The second-order valence-corrected chi connectivity index (χ2v) is 4.06. The first-order valence-electron chi connectivity index (χ1n) is 6.13. The van der Waals surface area contributed by atoms with Gasteiger partial charge in [0.25, 0.3) is 0 Å². The maximum Gasteiger partial charge on any atom is 0.513 e. The standard InChI is InChI=1S/C15H16O3/c1-2-3-10-17-15(16)18-14-9-8-12-6-4-5-7-13(12)11-14/h4-9,11H,2-3,10H2,1H3. The first-order valence-corrected chi connectivity index (χ1v) is 6.13. The Hall–Kier alpha value is -2.03. The molecule has 0 saturated heterocycles. The van der Waals surface area contributed by atoms with Gasteiger partial charge in [-0.2, -0.15) is 0 Å². The van der Waals surface area contributed by atoms with Gasteiger partial charge in [0.15, 0.2) is 0 Å². The molecule has 3 nitrogen and oxygen atoms in total. The van der Waals surface area contributed by atoms with Crippen molar-refractivity contribution in [3.8, 4) is 5.75 Å². The van der Waals surface area contributed by atoms with Gasteiger partial charge in [-0.05, 0) is 29.3 Å². The van der Waals surface area contributed by atoms with Gasteiger partial charge in [-0.15, -0.1) is 0 Å². The molecule has 94 valence electrons. The molecule has 0 radical (unpaired) electrons. The first-order chi connectivity index (χ1) is 8.79. The van der Waals surface area contributed by atoms with E-state index in [1.54, 1.807) is 6.07 Å². The maximum absolute atomic E-state index is 11.4. The Morgan fingerprint density at radius 2 is 1.89 bits per heavy atom. The highest BCUT2D eigenvalue weighted by atomic mass is 16.7. The van der Waals surface area contributed by atoms with Crippen LogP contribution in [0.2, 0.25) is 0 Å². The lowest BCUT2D eigenvalue weighted by Gasteiger charge is -2.06. The Bertz CT molecular complexity index is 534. The van der Waals surface area contributed by atoms with Crippen LogP contribution in [0, 0.1) is 0 Å². The second kappa shape index (κ2) is 6.05. The summed E-state index contributed by atoms with van der Waals surface area (Å²) in [6.45, 7) is 2.45. The number of hydrogen-bond donors (Lipinski definition) is 0. The fourth-order valence-electron chi connectivity index (χ4n) is 1.66. The van der Waals surface area contributed by atoms with Crippen LogP contribution in [-0.4, -0.2) is 12.8 Å². The van der Waals surface area contributed by atoms with Gasteiger partial charge in [0.2, 0.25) is 0 Å².